The highest BCUT2D eigenvalue weighted by Crippen LogP contribution is 2.21. The van der Waals surface area contributed by atoms with Crippen LogP contribution < -0.4 is 4.90 Å². The first kappa shape index (κ1) is 14.3. The van der Waals surface area contributed by atoms with Crippen LogP contribution in [0.25, 0.3) is 0 Å². The van der Waals surface area contributed by atoms with Gasteiger partial charge in [-0.05, 0) is 19.1 Å². The Bertz CT molecular complexity index is 640. The summed E-state index contributed by atoms with van der Waals surface area (Å²) < 4.78 is 6.33. The normalized spacial score (nSPS) is 10.4. The van der Waals surface area contributed by atoms with Gasteiger partial charge in [-0.2, -0.15) is 5.10 Å². The zero-order valence-corrected chi connectivity index (χ0v) is 12.5. The molecule has 6 nitrogen and oxygen atoms in total. The molecule has 0 aliphatic heterocycles. The number of rotatable bonds is 3. The van der Waals surface area contributed by atoms with Crippen molar-refractivity contribution >= 4 is 29.0 Å². The summed E-state index contributed by atoms with van der Waals surface area (Å²) >= 11 is 1.11. The molecule has 0 spiro atoms. The van der Waals surface area contributed by atoms with Crippen molar-refractivity contribution in [2.45, 2.75) is 6.92 Å². The van der Waals surface area contributed by atoms with Gasteiger partial charge in [0.2, 0.25) is 0 Å². The number of hydrogen-bond donors (Lipinski definition) is 0. The van der Waals surface area contributed by atoms with Crippen molar-refractivity contribution in [3.8, 4) is 0 Å². The van der Waals surface area contributed by atoms with Gasteiger partial charge in [-0.15, -0.1) is 11.3 Å². The first-order valence-electron chi connectivity index (χ1n) is 5.91. The van der Waals surface area contributed by atoms with E-state index in [4.69, 9.17) is 0 Å². The van der Waals surface area contributed by atoms with Crippen molar-refractivity contribution in [2.24, 2.45) is 7.05 Å². The third kappa shape index (κ3) is 2.57. The SMILES string of the molecule is COC(=O)c1ccc(C(=O)N(C)c2cc(C)n(C)n2)s1. The van der Waals surface area contributed by atoms with Gasteiger partial charge < -0.3 is 4.74 Å². The number of carbonyl (C=O) groups excluding carboxylic acids is 2. The minimum atomic E-state index is -0.439. The number of carbonyl (C=O) groups is 2. The maximum atomic E-state index is 12.3. The van der Waals surface area contributed by atoms with Crippen LogP contribution in [0.4, 0.5) is 5.82 Å². The number of hydrogen-bond acceptors (Lipinski definition) is 5. The predicted octanol–water partition coefficient (Wildman–Crippen LogP) is 1.85. The van der Waals surface area contributed by atoms with Gasteiger partial charge in [0, 0.05) is 25.9 Å². The number of esters is 1. The zero-order chi connectivity index (χ0) is 14.9. The van der Waals surface area contributed by atoms with E-state index in [1.807, 2.05) is 20.0 Å². The van der Waals surface area contributed by atoms with Gasteiger partial charge in [-0.1, -0.05) is 0 Å². The van der Waals surface area contributed by atoms with Gasteiger partial charge in [-0.25, -0.2) is 4.79 Å². The highest BCUT2D eigenvalue weighted by atomic mass is 32.1. The lowest BCUT2D eigenvalue weighted by Crippen LogP contribution is -2.25. The molecule has 0 atom stereocenters. The van der Waals surface area contributed by atoms with Crippen LogP contribution in [-0.4, -0.2) is 35.8 Å². The lowest BCUT2D eigenvalue weighted by molar-refractivity contribution is 0.0606. The fourth-order valence-electron chi connectivity index (χ4n) is 1.64. The highest BCUT2D eigenvalue weighted by molar-refractivity contribution is 7.16. The third-order valence-corrected chi connectivity index (χ3v) is 4.01. The largest absolute Gasteiger partial charge is 0.465 e. The van der Waals surface area contributed by atoms with E-state index in [9.17, 15) is 9.59 Å². The molecule has 0 unspecified atom stereocenters. The van der Waals surface area contributed by atoms with Crippen LogP contribution in [0, 0.1) is 6.92 Å². The summed E-state index contributed by atoms with van der Waals surface area (Å²) in [5.41, 5.74) is 0.959. The van der Waals surface area contributed by atoms with E-state index in [2.05, 4.69) is 9.84 Å². The standard InChI is InChI=1S/C13H15N3O3S/c1-8-7-11(14-16(8)3)15(2)12(17)9-5-6-10(20-9)13(18)19-4/h5-7H,1-4H3. The minimum absolute atomic E-state index is 0.205. The van der Waals surface area contributed by atoms with Crippen LogP contribution >= 0.6 is 11.3 Å². The van der Waals surface area contributed by atoms with E-state index in [0.717, 1.165) is 17.0 Å². The second kappa shape index (κ2) is 5.46. The quantitative estimate of drug-likeness (QED) is 0.810. The third-order valence-electron chi connectivity index (χ3n) is 2.95. The average Bonchev–Trinajstić information content (AvgIpc) is 3.04. The van der Waals surface area contributed by atoms with Crippen molar-refractivity contribution in [2.75, 3.05) is 19.1 Å². The first-order valence-corrected chi connectivity index (χ1v) is 6.72. The fourth-order valence-corrected chi connectivity index (χ4v) is 2.54. The summed E-state index contributed by atoms with van der Waals surface area (Å²) in [6.45, 7) is 1.91. The van der Waals surface area contributed by atoms with Crippen LogP contribution in [0.15, 0.2) is 18.2 Å². The molecule has 20 heavy (non-hydrogen) atoms. The molecule has 2 aromatic heterocycles. The van der Waals surface area contributed by atoms with E-state index in [1.54, 1.807) is 23.9 Å². The van der Waals surface area contributed by atoms with Gasteiger partial charge in [0.05, 0.1) is 12.0 Å². The molecule has 0 aliphatic carbocycles. The van der Waals surface area contributed by atoms with E-state index < -0.39 is 5.97 Å². The minimum Gasteiger partial charge on any atom is -0.465 e. The van der Waals surface area contributed by atoms with Crippen molar-refractivity contribution < 1.29 is 14.3 Å². The number of aryl methyl sites for hydroxylation is 2. The second-order valence-electron chi connectivity index (χ2n) is 4.29. The van der Waals surface area contributed by atoms with Gasteiger partial charge in [0.15, 0.2) is 5.82 Å². The molecule has 0 fully saturated rings. The molecule has 0 saturated carbocycles. The molecule has 106 valence electrons. The monoisotopic (exact) mass is 293 g/mol. The maximum absolute atomic E-state index is 12.3. The highest BCUT2D eigenvalue weighted by Gasteiger charge is 2.20. The van der Waals surface area contributed by atoms with Crippen molar-refractivity contribution in [1.82, 2.24) is 9.78 Å². The maximum Gasteiger partial charge on any atom is 0.348 e. The zero-order valence-electron chi connectivity index (χ0n) is 11.7. The van der Waals surface area contributed by atoms with Crippen molar-refractivity contribution in [3.05, 3.63) is 33.6 Å². The van der Waals surface area contributed by atoms with Gasteiger partial charge >= 0.3 is 5.97 Å². The molecule has 2 heterocycles. The molecule has 2 rings (SSSR count). The molecule has 0 aliphatic rings. The average molecular weight is 293 g/mol. The summed E-state index contributed by atoms with van der Waals surface area (Å²) in [5.74, 6) is -0.0725. The molecule has 0 bridgehead atoms. The number of aromatic nitrogens is 2. The molecular formula is C13H15N3O3S. The van der Waals surface area contributed by atoms with Crippen LogP contribution in [0.1, 0.15) is 25.0 Å². The predicted molar refractivity (Wildman–Crippen MR) is 76.3 cm³/mol. The summed E-state index contributed by atoms with van der Waals surface area (Å²) in [6.07, 6.45) is 0. The fraction of sp³-hybridized carbons (Fsp3) is 0.308. The smallest absolute Gasteiger partial charge is 0.348 e. The van der Waals surface area contributed by atoms with Crippen molar-refractivity contribution in [1.29, 1.82) is 0 Å². The van der Waals surface area contributed by atoms with Crippen molar-refractivity contribution in [3.63, 3.8) is 0 Å². The molecular weight excluding hydrogens is 278 g/mol. The molecule has 0 N–H and O–H groups in total. The molecule has 0 aromatic carbocycles. The van der Waals surface area contributed by atoms with E-state index in [0.29, 0.717) is 15.6 Å². The summed E-state index contributed by atoms with van der Waals surface area (Å²) in [4.78, 5) is 26.0. The Morgan fingerprint density at radius 3 is 2.55 bits per heavy atom. The Balaban J connectivity index is 2.22. The molecule has 0 saturated heterocycles. The van der Waals surface area contributed by atoms with Gasteiger partial charge in [0.1, 0.15) is 4.88 Å². The lowest BCUT2D eigenvalue weighted by atomic mass is 10.3. The Hall–Kier alpha value is -2.15. The molecule has 0 radical (unpaired) electrons. The Kier molecular flexibility index (Phi) is 3.89. The van der Waals surface area contributed by atoms with Gasteiger partial charge in [-0.3, -0.25) is 14.4 Å². The number of ether oxygens (including phenoxy) is 1. The van der Waals surface area contributed by atoms with E-state index in [1.165, 1.54) is 12.0 Å². The molecule has 2 aromatic rings. The van der Waals surface area contributed by atoms with Crippen LogP contribution in [0.3, 0.4) is 0 Å². The Morgan fingerprint density at radius 1 is 1.35 bits per heavy atom. The van der Waals surface area contributed by atoms with E-state index in [-0.39, 0.29) is 5.91 Å². The van der Waals surface area contributed by atoms with Crippen LogP contribution in [-0.2, 0) is 11.8 Å². The first-order chi connectivity index (χ1) is 9.43. The van der Waals surface area contributed by atoms with E-state index >= 15 is 0 Å². The number of nitrogens with zero attached hydrogens (tertiary/aromatic N) is 3. The number of methoxy groups -OCH3 is 1. The second-order valence-corrected chi connectivity index (χ2v) is 5.37. The Labute approximate surface area is 120 Å². The number of anilines is 1. The summed E-state index contributed by atoms with van der Waals surface area (Å²) in [5, 5.41) is 4.25. The lowest BCUT2D eigenvalue weighted by Gasteiger charge is -2.12. The Morgan fingerprint density at radius 2 is 2.00 bits per heavy atom. The molecule has 7 heteroatoms. The summed E-state index contributed by atoms with van der Waals surface area (Å²) in [6, 6.07) is 5.03. The van der Waals surface area contributed by atoms with Crippen LogP contribution in [0.2, 0.25) is 0 Å². The van der Waals surface area contributed by atoms with Gasteiger partial charge in [0.25, 0.3) is 5.91 Å². The summed E-state index contributed by atoms with van der Waals surface area (Å²) in [7, 11) is 4.78. The number of amides is 1. The number of thiophene rings is 1. The topological polar surface area (TPSA) is 64.4 Å². The van der Waals surface area contributed by atoms with Crippen LogP contribution in [0.5, 0.6) is 0 Å². The molecule has 1 amide bonds.